The van der Waals surface area contributed by atoms with Gasteiger partial charge in [0.1, 0.15) is 17.8 Å². The molecule has 0 bridgehead atoms. The van der Waals surface area contributed by atoms with E-state index in [2.05, 4.69) is 0 Å². The lowest BCUT2D eigenvalue weighted by Crippen LogP contribution is -1.90. The Morgan fingerprint density at radius 2 is 2.31 bits per heavy atom. The van der Waals surface area contributed by atoms with Crippen molar-refractivity contribution in [2.75, 3.05) is 7.11 Å². The van der Waals surface area contributed by atoms with Crippen molar-refractivity contribution in [3.05, 3.63) is 22.7 Å². The van der Waals surface area contributed by atoms with Crippen molar-refractivity contribution in [2.45, 2.75) is 6.42 Å². The van der Waals surface area contributed by atoms with E-state index in [0.29, 0.717) is 22.6 Å². The number of carbonyl (C=O) groups is 1. The molecule has 0 amide bonds. The molecule has 0 heterocycles. The quantitative estimate of drug-likeness (QED) is 0.757. The van der Waals surface area contributed by atoms with Crippen LogP contribution in [0.1, 0.15) is 5.56 Å². The van der Waals surface area contributed by atoms with Gasteiger partial charge < -0.3 is 14.6 Å². The van der Waals surface area contributed by atoms with E-state index in [1.807, 2.05) is 0 Å². The smallest absolute Gasteiger partial charge is 0.124 e. The van der Waals surface area contributed by atoms with E-state index in [0.717, 1.165) is 0 Å². The topological polar surface area (TPSA) is 46.5 Å². The van der Waals surface area contributed by atoms with E-state index in [1.54, 1.807) is 6.07 Å². The van der Waals surface area contributed by atoms with Crippen LogP contribution in [0.25, 0.3) is 0 Å². The Morgan fingerprint density at radius 3 is 2.77 bits per heavy atom. The lowest BCUT2D eigenvalue weighted by molar-refractivity contribution is -0.107. The fraction of sp³-hybridized carbons (Fsp3) is 0.222. The number of rotatable bonds is 3. The fourth-order valence-electron chi connectivity index (χ4n) is 1.00. The van der Waals surface area contributed by atoms with E-state index >= 15 is 0 Å². The van der Waals surface area contributed by atoms with E-state index in [1.165, 1.54) is 13.2 Å². The number of ether oxygens (including phenoxy) is 1. The molecule has 0 atom stereocenters. The Morgan fingerprint density at radius 1 is 1.62 bits per heavy atom. The molecule has 0 spiro atoms. The molecule has 3 nitrogen and oxygen atoms in total. The molecule has 13 heavy (non-hydrogen) atoms. The van der Waals surface area contributed by atoms with E-state index < -0.39 is 0 Å². The molecule has 0 saturated heterocycles. The van der Waals surface area contributed by atoms with E-state index in [9.17, 15) is 9.90 Å². The second-order valence-corrected chi connectivity index (χ2v) is 2.88. The molecule has 0 aliphatic rings. The predicted molar refractivity (Wildman–Crippen MR) is 49.4 cm³/mol. The van der Waals surface area contributed by atoms with Crippen LogP contribution in [0.4, 0.5) is 0 Å². The van der Waals surface area contributed by atoms with Crippen molar-refractivity contribution in [1.82, 2.24) is 0 Å². The number of hydrogen-bond acceptors (Lipinski definition) is 3. The predicted octanol–water partition coefficient (Wildman–Crippen LogP) is 1.80. The van der Waals surface area contributed by atoms with Crippen LogP contribution in [0.2, 0.25) is 5.02 Å². The normalized spacial score (nSPS) is 9.69. The van der Waals surface area contributed by atoms with Crippen LogP contribution in [-0.2, 0) is 11.2 Å². The third kappa shape index (κ3) is 2.12. The summed E-state index contributed by atoms with van der Waals surface area (Å²) in [5, 5.41) is 9.75. The third-order valence-electron chi connectivity index (χ3n) is 1.67. The van der Waals surface area contributed by atoms with Gasteiger partial charge in [-0.05, 0) is 6.07 Å². The minimum atomic E-state index is -0.0172. The van der Waals surface area contributed by atoms with Gasteiger partial charge in [0.2, 0.25) is 0 Å². The lowest BCUT2D eigenvalue weighted by Gasteiger charge is -2.06. The largest absolute Gasteiger partial charge is 0.507 e. The van der Waals surface area contributed by atoms with Gasteiger partial charge in [0, 0.05) is 18.1 Å². The molecule has 4 heteroatoms. The summed E-state index contributed by atoms with van der Waals surface area (Å²) in [6.07, 6.45) is 0.794. The molecule has 1 aromatic rings. The van der Waals surface area contributed by atoms with Gasteiger partial charge in [0.25, 0.3) is 0 Å². The number of methoxy groups -OCH3 is 1. The Balaban J connectivity index is 3.14. The van der Waals surface area contributed by atoms with Crippen LogP contribution >= 0.6 is 11.6 Å². The van der Waals surface area contributed by atoms with Crippen molar-refractivity contribution in [3.63, 3.8) is 0 Å². The minimum Gasteiger partial charge on any atom is -0.507 e. The maximum absolute atomic E-state index is 10.2. The van der Waals surface area contributed by atoms with Gasteiger partial charge in [0.15, 0.2) is 0 Å². The van der Waals surface area contributed by atoms with E-state index in [4.69, 9.17) is 16.3 Å². The van der Waals surface area contributed by atoms with Crippen molar-refractivity contribution in [2.24, 2.45) is 0 Å². The monoisotopic (exact) mass is 200 g/mol. The first-order valence-corrected chi connectivity index (χ1v) is 4.06. The van der Waals surface area contributed by atoms with Gasteiger partial charge in [-0.15, -0.1) is 0 Å². The van der Waals surface area contributed by atoms with Gasteiger partial charge in [-0.2, -0.15) is 0 Å². The van der Waals surface area contributed by atoms with Gasteiger partial charge in [-0.3, -0.25) is 0 Å². The Labute approximate surface area is 80.9 Å². The number of carbonyl (C=O) groups excluding carboxylic acids is 1. The number of aromatic hydroxyl groups is 1. The van der Waals surface area contributed by atoms with E-state index in [-0.39, 0.29) is 12.2 Å². The molecule has 1 rings (SSSR count). The van der Waals surface area contributed by atoms with Crippen molar-refractivity contribution in [1.29, 1.82) is 0 Å². The van der Waals surface area contributed by atoms with Crippen LogP contribution in [0, 0.1) is 0 Å². The Bertz CT molecular complexity index is 300. The van der Waals surface area contributed by atoms with Crippen molar-refractivity contribution >= 4 is 17.9 Å². The van der Waals surface area contributed by atoms with Gasteiger partial charge in [0.05, 0.1) is 12.1 Å². The summed E-state index contributed by atoms with van der Waals surface area (Å²) in [6, 6.07) is 2.98. The summed E-state index contributed by atoms with van der Waals surface area (Å²) < 4.78 is 4.88. The molecule has 0 radical (unpaired) electrons. The first kappa shape index (κ1) is 9.86. The molecule has 0 unspecified atom stereocenters. The number of halogens is 1. The SMILES string of the molecule is COc1cc(O)c(CC=O)c(Cl)c1. The summed E-state index contributed by atoms with van der Waals surface area (Å²) in [6.45, 7) is 0. The number of phenols is 1. The van der Waals surface area contributed by atoms with Gasteiger partial charge in [-0.1, -0.05) is 11.6 Å². The number of benzene rings is 1. The maximum Gasteiger partial charge on any atom is 0.124 e. The molecule has 70 valence electrons. The highest BCUT2D eigenvalue weighted by Gasteiger charge is 2.08. The van der Waals surface area contributed by atoms with Crippen LogP contribution in [0.15, 0.2) is 12.1 Å². The molecule has 0 aromatic heterocycles. The summed E-state index contributed by atoms with van der Waals surface area (Å²) in [5.41, 5.74) is 0.428. The number of hydrogen-bond donors (Lipinski definition) is 1. The highest BCUT2D eigenvalue weighted by atomic mass is 35.5. The van der Waals surface area contributed by atoms with Crippen LogP contribution < -0.4 is 4.74 Å². The Kier molecular flexibility index (Phi) is 3.14. The van der Waals surface area contributed by atoms with Crippen LogP contribution in [-0.4, -0.2) is 18.5 Å². The molecule has 0 fully saturated rings. The minimum absolute atomic E-state index is 0.0172. The molecule has 1 N–H and O–H groups in total. The highest BCUT2D eigenvalue weighted by Crippen LogP contribution is 2.31. The number of aldehydes is 1. The molecule has 0 aliphatic heterocycles. The molecular weight excluding hydrogens is 192 g/mol. The highest BCUT2D eigenvalue weighted by molar-refractivity contribution is 6.31. The lowest BCUT2D eigenvalue weighted by atomic mass is 10.1. The molecule has 1 aromatic carbocycles. The summed E-state index contributed by atoms with van der Waals surface area (Å²) >= 11 is 5.79. The summed E-state index contributed by atoms with van der Waals surface area (Å²) in [5.74, 6) is 0.452. The van der Waals surface area contributed by atoms with Gasteiger partial charge in [-0.25, -0.2) is 0 Å². The second-order valence-electron chi connectivity index (χ2n) is 2.48. The average Bonchev–Trinajstić information content (AvgIpc) is 2.11. The second kappa shape index (κ2) is 4.14. The van der Waals surface area contributed by atoms with Crippen LogP contribution in [0.5, 0.6) is 11.5 Å². The Hall–Kier alpha value is -1.22. The zero-order chi connectivity index (χ0) is 9.84. The molecule has 0 aliphatic carbocycles. The zero-order valence-electron chi connectivity index (χ0n) is 7.08. The van der Waals surface area contributed by atoms with Crippen LogP contribution in [0.3, 0.4) is 0 Å². The van der Waals surface area contributed by atoms with Gasteiger partial charge >= 0.3 is 0 Å². The molecular formula is C9H9ClO3. The zero-order valence-corrected chi connectivity index (χ0v) is 7.84. The standard InChI is InChI=1S/C9H9ClO3/c1-13-6-4-8(10)7(2-3-11)9(12)5-6/h3-5,12H,2H2,1H3. The first-order valence-electron chi connectivity index (χ1n) is 3.68. The first-order chi connectivity index (χ1) is 6.19. The fourth-order valence-corrected chi connectivity index (χ4v) is 1.28. The average molecular weight is 201 g/mol. The number of phenolic OH excluding ortho intramolecular Hbond substituents is 1. The molecule has 0 saturated carbocycles. The summed E-state index contributed by atoms with van der Waals surface area (Å²) in [7, 11) is 1.48. The third-order valence-corrected chi connectivity index (χ3v) is 2.01. The van der Waals surface area contributed by atoms with Crippen molar-refractivity contribution in [3.8, 4) is 11.5 Å². The van der Waals surface area contributed by atoms with Crippen molar-refractivity contribution < 1.29 is 14.6 Å². The maximum atomic E-state index is 10.2. The summed E-state index contributed by atoms with van der Waals surface area (Å²) in [4.78, 5) is 10.2.